The number of fused-ring (bicyclic) bond motifs is 10. The van der Waals surface area contributed by atoms with Crippen molar-refractivity contribution >= 4 is 130 Å². The van der Waals surface area contributed by atoms with Crippen molar-refractivity contribution in [3.63, 3.8) is 0 Å². The fourth-order valence-corrected chi connectivity index (χ4v) is 18.6. The minimum Gasteiger partial charge on any atom is -0.309 e. The Bertz CT molecular complexity index is 7690. The van der Waals surface area contributed by atoms with E-state index in [0.717, 1.165) is 176 Å². The third-order valence-corrected chi connectivity index (χ3v) is 23.9. The van der Waals surface area contributed by atoms with Gasteiger partial charge in [-0.05, 0) is 189 Å². The molecule has 0 radical (unpaired) electrons. The molecule has 9 nitrogen and oxygen atoms in total. The molecule has 0 aliphatic rings. The van der Waals surface area contributed by atoms with Crippen LogP contribution in [0.3, 0.4) is 0 Å². The number of benzene rings is 20. The Kier molecular flexibility index (Phi) is 15.5. The molecular formula is C109H63N9. The first-order valence-electron chi connectivity index (χ1n) is 39.6. The number of hydrogen-bond acceptors (Lipinski definition) is 7. The molecule has 0 aliphatic carbocycles. The standard InChI is InChI=1S/C55H32N4.C54H31N5/c56-33-36-24-28-51-53-38(36)25-26-44-43(27-29-52(54(44)53)59(51)37-18-8-3-9-19-37)45-30-46-41-22-12-13-23-42(41)48(31-47(46)40-21-11-10-20-39(40)45)55-57-49(34-14-4-1-5-15-34)32-50(58-55)35-16-6-2-7-17-35;55-32-35-24-28-48-50-37(35)25-26-43-42(27-29-49(51(43)50)59(48)36-18-8-3-9-19-36)44-30-45-40-22-12-13-23-41(40)47(31-46(45)39-21-11-10-20-38(39)44)54-57-52(33-14-4-1-5-15-33)56-53(58-54)34-16-6-2-7-17-34/h1-32H;1-31H. The van der Waals surface area contributed by atoms with Crippen molar-refractivity contribution in [2.45, 2.75) is 0 Å². The van der Waals surface area contributed by atoms with Gasteiger partial charge in [-0.25, -0.2) is 24.9 Å². The second kappa shape index (κ2) is 27.2. The summed E-state index contributed by atoms with van der Waals surface area (Å²) in [7, 11) is 0. The molecule has 0 fully saturated rings. The highest BCUT2D eigenvalue weighted by atomic mass is 15.0. The number of nitrogens with zero attached hydrogens (tertiary/aromatic N) is 9. The van der Waals surface area contributed by atoms with E-state index in [1.54, 1.807) is 0 Å². The van der Waals surface area contributed by atoms with Gasteiger partial charge < -0.3 is 9.13 Å². The molecule has 0 atom stereocenters. The van der Waals surface area contributed by atoms with Crippen LogP contribution < -0.4 is 0 Å². The maximum Gasteiger partial charge on any atom is 0.164 e. The zero-order chi connectivity index (χ0) is 78.1. The van der Waals surface area contributed by atoms with Crippen molar-refractivity contribution in [2.24, 2.45) is 0 Å². The van der Waals surface area contributed by atoms with Crippen LogP contribution in [0.2, 0.25) is 0 Å². The lowest BCUT2D eigenvalue weighted by molar-refractivity contribution is 1.08. The van der Waals surface area contributed by atoms with Crippen molar-refractivity contribution in [1.29, 1.82) is 10.5 Å². The molecule has 0 unspecified atom stereocenters. The maximum absolute atomic E-state index is 10.2. The molecule has 4 heterocycles. The van der Waals surface area contributed by atoms with Gasteiger partial charge in [0.1, 0.15) is 0 Å². The van der Waals surface area contributed by atoms with E-state index in [9.17, 15) is 10.5 Å². The van der Waals surface area contributed by atoms with Crippen LogP contribution in [0.4, 0.5) is 0 Å². The van der Waals surface area contributed by atoms with Gasteiger partial charge in [-0.1, -0.05) is 291 Å². The van der Waals surface area contributed by atoms with Crippen molar-refractivity contribution < 1.29 is 0 Å². The summed E-state index contributed by atoms with van der Waals surface area (Å²) in [6.45, 7) is 0. The zero-order valence-corrected chi connectivity index (χ0v) is 63.4. The SMILES string of the molecule is N#Cc1ccc2c3c1ccc1c(-c4cc5c6ccccc6c(-c6nc(-c7ccccc7)cc(-c7ccccc7)n6)cc5c5ccccc45)ccc(c13)n2-c1ccccc1.N#Cc1ccc2c3c1ccc1c(-c4cc5c6ccccc6c(-c6nc(-c7ccccc7)nc(-c7ccccc7)n6)cc5c5ccccc45)ccc(c13)n2-c1ccccc1. The third kappa shape index (κ3) is 10.7. The zero-order valence-electron chi connectivity index (χ0n) is 63.4. The summed E-state index contributed by atoms with van der Waals surface area (Å²) in [6.07, 6.45) is 0. The molecular weight excluding hydrogens is 1440 g/mol. The Balaban J connectivity index is 0.000000138. The molecule has 118 heavy (non-hydrogen) atoms. The number of hydrogen-bond donors (Lipinski definition) is 0. The lowest BCUT2D eigenvalue weighted by Gasteiger charge is -2.17. The Labute approximate surface area is 677 Å². The average Bonchev–Trinajstić information content (AvgIpc) is 1.53. The smallest absolute Gasteiger partial charge is 0.164 e. The van der Waals surface area contributed by atoms with Crippen LogP contribution in [-0.4, -0.2) is 34.1 Å². The van der Waals surface area contributed by atoms with Crippen molar-refractivity contribution in [3.05, 3.63) is 393 Å². The lowest BCUT2D eigenvalue weighted by atomic mass is 9.87. The molecule has 0 saturated heterocycles. The molecule has 24 aromatic rings. The Morgan fingerprint density at radius 1 is 0.186 bits per heavy atom. The van der Waals surface area contributed by atoms with Crippen LogP contribution in [0.25, 0.3) is 231 Å². The van der Waals surface area contributed by atoms with E-state index < -0.39 is 0 Å². The maximum atomic E-state index is 10.2. The lowest BCUT2D eigenvalue weighted by Crippen LogP contribution is -2.00. The molecule has 0 amide bonds. The molecule has 20 aromatic carbocycles. The fraction of sp³-hybridized carbons (Fsp3) is 0. The molecule has 0 N–H and O–H groups in total. The normalized spacial score (nSPS) is 11.7. The summed E-state index contributed by atoms with van der Waals surface area (Å²) in [6, 6.07) is 139. The Morgan fingerprint density at radius 3 is 0.814 bits per heavy atom. The highest BCUT2D eigenvalue weighted by Gasteiger charge is 2.27. The first-order chi connectivity index (χ1) is 58.5. The summed E-state index contributed by atoms with van der Waals surface area (Å²) in [4.78, 5) is 25.9. The van der Waals surface area contributed by atoms with E-state index in [1.807, 2.05) is 97.1 Å². The van der Waals surface area contributed by atoms with Gasteiger partial charge >= 0.3 is 0 Å². The first-order valence-corrected chi connectivity index (χ1v) is 39.6. The molecule has 544 valence electrons. The van der Waals surface area contributed by atoms with Crippen LogP contribution in [0.1, 0.15) is 11.1 Å². The average molecular weight is 1500 g/mol. The van der Waals surface area contributed by atoms with Gasteiger partial charge in [0, 0.05) is 77.1 Å². The highest BCUT2D eigenvalue weighted by Crippen LogP contribution is 2.51. The molecule has 0 spiro atoms. The molecule has 9 heteroatoms. The Hall–Kier alpha value is -16.3. The summed E-state index contributed by atoms with van der Waals surface area (Å²) in [5, 5.41) is 42.9. The van der Waals surface area contributed by atoms with E-state index in [4.69, 9.17) is 24.9 Å². The summed E-state index contributed by atoms with van der Waals surface area (Å²) < 4.78 is 4.66. The van der Waals surface area contributed by atoms with Crippen molar-refractivity contribution in [3.8, 4) is 114 Å². The molecule has 4 aromatic heterocycles. The van der Waals surface area contributed by atoms with E-state index in [-0.39, 0.29) is 0 Å². The number of rotatable bonds is 10. The van der Waals surface area contributed by atoms with Gasteiger partial charge in [0.25, 0.3) is 0 Å². The molecule has 0 aliphatic heterocycles. The summed E-state index contributed by atoms with van der Waals surface area (Å²) in [5.74, 6) is 2.59. The second-order valence-corrected chi connectivity index (χ2v) is 30.2. The Morgan fingerprint density at radius 2 is 0.458 bits per heavy atom. The largest absolute Gasteiger partial charge is 0.309 e. The predicted molar refractivity (Wildman–Crippen MR) is 486 cm³/mol. The van der Waals surface area contributed by atoms with E-state index in [1.165, 1.54) is 32.5 Å². The monoisotopic (exact) mass is 1500 g/mol. The van der Waals surface area contributed by atoms with Crippen molar-refractivity contribution in [1.82, 2.24) is 34.1 Å². The van der Waals surface area contributed by atoms with Gasteiger partial charge in [-0.15, -0.1) is 0 Å². The van der Waals surface area contributed by atoms with E-state index in [0.29, 0.717) is 34.4 Å². The van der Waals surface area contributed by atoms with E-state index >= 15 is 0 Å². The molecule has 0 saturated carbocycles. The van der Waals surface area contributed by atoms with Crippen molar-refractivity contribution in [2.75, 3.05) is 0 Å². The first kappa shape index (κ1) is 67.4. The van der Waals surface area contributed by atoms with Gasteiger partial charge in [0.15, 0.2) is 23.3 Å². The fourth-order valence-electron chi connectivity index (χ4n) is 18.6. The summed E-state index contributed by atoms with van der Waals surface area (Å²) >= 11 is 0. The van der Waals surface area contributed by atoms with E-state index in [2.05, 4.69) is 306 Å². The van der Waals surface area contributed by atoms with Crippen LogP contribution >= 0.6 is 0 Å². The third-order valence-electron chi connectivity index (χ3n) is 23.9. The number of aromatic nitrogens is 7. The number of nitriles is 2. The highest BCUT2D eigenvalue weighted by molar-refractivity contribution is 6.32. The molecule has 0 bridgehead atoms. The number of para-hydroxylation sites is 2. The van der Waals surface area contributed by atoms with Crippen LogP contribution in [0, 0.1) is 22.7 Å². The van der Waals surface area contributed by atoms with Gasteiger partial charge in [0.2, 0.25) is 0 Å². The predicted octanol–water partition coefficient (Wildman–Crippen LogP) is 27.7. The van der Waals surface area contributed by atoms with Crippen LogP contribution in [0.15, 0.2) is 382 Å². The van der Waals surface area contributed by atoms with Gasteiger partial charge in [-0.2, -0.15) is 10.5 Å². The summed E-state index contributed by atoms with van der Waals surface area (Å²) in [5.41, 5.74) is 20.3. The van der Waals surface area contributed by atoms with Gasteiger partial charge in [0.05, 0.1) is 56.7 Å². The minimum absolute atomic E-state index is 0.631. The van der Waals surface area contributed by atoms with Crippen LogP contribution in [-0.2, 0) is 0 Å². The minimum atomic E-state index is 0.631. The second-order valence-electron chi connectivity index (χ2n) is 30.2. The van der Waals surface area contributed by atoms with Gasteiger partial charge in [-0.3, -0.25) is 0 Å². The quantitative estimate of drug-likeness (QED) is 0.125. The molecule has 24 rings (SSSR count). The van der Waals surface area contributed by atoms with Crippen LogP contribution in [0.5, 0.6) is 0 Å². The topological polar surface area (TPSA) is 122 Å².